The summed E-state index contributed by atoms with van der Waals surface area (Å²) < 4.78 is 17.3. The molecule has 6 rings (SSSR count). The van der Waals surface area contributed by atoms with Gasteiger partial charge in [0.05, 0.1) is 19.2 Å². The smallest absolute Gasteiger partial charge is 0.408 e. The molecule has 1 aromatic heterocycles. The van der Waals surface area contributed by atoms with Gasteiger partial charge in [0.2, 0.25) is 11.8 Å². The third-order valence-electron chi connectivity index (χ3n) is 10.4. The highest BCUT2D eigenvalue weighted by atomic mass is 32.2. The Kier molecular flexibility index (Phi) is 11.6. The molecule has 3 heterocycles. The Labute approximate surface area is 306 Å². The van der Waals surface area contributed by atoms with Gasteiger partial charge in [-0.25, -0.2) is 14.6 Å². The number of nitrogens with one attached hydrogen (secondary N) is 2. The van der Waals surface area contributed by atoms with Gasteiger partial charge in [-0.2, -0.15) is 4.79 Å². The first-order valence-corrected chi connectivity index (χ1v) is 19.1. The first-order valence-electron chi connectivity index (χ1n) is 17.9. The van der Waals surface area contributed by atoms with Crippen LogP contribution in [0.2, 0.25) is 0 Å². The number of methoxy groups -OCH3 is 1. The average Bonchev–Trinajstić information content (AvgIpc) is 3.42. The number of alkyl carbamates (subject to hydrolysis) is 1. The van der Waals surface area contributed by atoms with Crippen LogP contribution < -0.4 is 15.4 Å². The number of para-hydroxylation sites is 1. The van der Waals surface area contributed by atoms with Crippen molar-refractivity contribution in [2.45, 2.75) is 105 Å². The van der Waals surface area contributed by atoms with E-state index in [1.165, 1.54) is 29.8 Å². The number of benzene rings is 1. The molecule has 4 aliphatic rings. The maximum Gasteiger partial charge on any atom is 0.408 e. The maximum absolute atomic E-state index is 14.5. The molecule has 2 aliphatic heterocycles. The number of amides is 3. The molecule has 0 spiro atoms. The molecular weight excluding hydrogens is 689 g/mol. The number of fused-ring (bicyclic) bond motifs is 3. The van der Waals surface area contributed by atoms with E-state index in [0.29, 0.717) is 35.9 Å². The van der Waals surface area contributed by atoms with Crippen molar-refractivity contribution in [1.82, 2.24) is 20.5 Å². The highest BCUT2D eigenvalue weighted by Crippen LogP contribution is 2.46. The number of rotatable bonds is 8. The monoisotopic (exact) mass is 732 g/mol. The van der Waals surface area contributed by atoms with Crippen molar-refractivity contribution < 1.29 is 43.0 Å². The van der Waals surface area contributed by atoms with Gasteiger partial charge in [0.1, 0.15) is 41.3 Å². The van der Waals surface area contributed by atoms with Crippen molar-refractivity contribution >= 4 is 58.5 Å². The Hall–Kier alpha value is -4.75. The van der Waals surface area contributed by atoms with E-state index in [2.05, 4.69) is 20.4 Å². The van der Waals surface area contributed by atoms with Gasteiger partial charge in [-0.3, -0.25) is 14.4 Å². The van der Waals surface area contributed by atoms with Crippen molar-refractivity contribution in [3.05, 3.63) is 47.6 Å². The normalized spacial score (nSPS) is 26.5. The van der Waals surface area contributed by atoms with Crippen LogP contribution >= 0.6 is 11.8 Å². The predicted octanol–water partition coefficient (Wildman–Crippen LogP) is 4.39. The molecule has 15 heteroatoms. The lowest BCUT2D eigenvalue weighted by molar-refractivity contribution is -0.148. The van der Waals surface area contributed by atoms with Crippen LogP contribution in [0.3, 0.4) is 0 Å². The fourth-order valence-corrected chi connectivity index (χ4v) is 8.09. The van der Waals surface area contributed by atoms with Crippen LogP contribution in [0.1, 0.15) is 81.1 Å². The van der Waals surface area contributed by atoms with Crippen molar-refractivity contribution in [3.63, 3.8) is 0 Å². The Balaban J connectivity index is 1.33. The number of allylic oxidation sites excluding steroid dienone is 1. The number of hydrogen-bond donors (Lipinski definition) is 2. The van der Waals surface area contributed by atoms with Crippen molar-refractivity contribution in [3.8, 4) is 5.75 Å². The Morgan fingerprint density at radius 1 is 1.12 bits per heavy atom. The molecule has 3 fully saturated rings. The highest BCUT2D eigenvalue weighted by Gasteiger charge is 2.62. The second-order valence-corrected chi connectivity index (χ2v) is 14.6. The SMILES string of the molecule is COC(=O)[C@@]12CC1C=CCCCCC[C@H](NC(=O)OC1CCCC1)C(=O)N1C[C@H](Oc3cc(C(=O)C=[N+]=[N-])nc4c(SC)cccc34)C[C@H]1C(=O)N2. The van der Waals surface area contributed by atoms with Crippen LogP contribution in [0.4, 0.5) is 4.79 Å². The lowest BCUT2D eigenvalue weighted by Crippen LogP contribution is -2.56. The first-order chi connectivity index (χ1) is 25.2. The number of thioether (sulfide) groups is 1. The topological polar surface area (TPSA) is 190 Å². The minimum Gasteiger partial charge on any atom is -0.488 e. The number of hydrogen-bond acceptors (Lipinski definition) is 10. The summed E-state index contributed by atoms with van der Waals surface area (Å²) in [5.41, 5.74) is 8.26. The molecule has 1 aromatic carbocycles. The highest BCUT2D eigenvalue weighted by molar-refractivity contribution is 7.98. The molecular formula is C37H44N6O8S. The Bertz CT molecular complexity index is 1810. The summed E-state index contributed by atoms with van der Waals surface area (Å²) in [5.74, 6) is -2.15. The minimum absolute atomic E-state index is 0.0126. The summed E-state index contributed by atoms with van der Waals surface area (Å²) in [6, 6.07) is 4.93. The molecule has 2 aliphatic carbocycles. The number of ketones is 1. The Morgan fingerprint density at radius 3 is 2.65 bits per heavy atom. The van der Waals surface area contributed by atoms with E-state index in [-0.39, 0.29) is 30.7 Å². The molecule has 276 valence electrons. The lowest BCUT2D eigenvalue weighted by atomic mass is 10.0. The van der Waals surface area contributed by atoms with Gasteiger partial charge < -0.3 is 35.3 Å². The van der Waals surface area contributed by atoms with Gasteiger partial charge in [0.15, 0.2) is 0 Å². The van der Waals surface area contributed by atoms with Gasteiger partial charge in [0.25, 0.3) is 5.78 Å². The fraction of sp³-hybridized carbons (Fsp3) is 0.541. The molecule has 2 aromatic rings. The van der Waals surface area contributed by atoms with Gasteiger partial charge >= 0.3 is 18.3 Å². The second-order valence-electron chi connectivity index (χ2n) is 13.8. The van der Waals surface area contributed by atoms with Crippen LogP contribution in [0.15, 0.2) is 41.3 Å². The number of nitrogens with zero attached hydrogens (tertiary/aromatic N) is 4. The second kappa shape index (κ2) is 16.3. The number of esters is 1. The molecule has 1 unspecified atom stereocenters. The molecule has 0 bridgehead atoms. The van der Waals surface area contributed by atoms with Crippen LogP contribution in [0.25, 0.3) is 16.4 Å². The zero-order chi connectivity index (χ0) is 36.8. The van der Waals surface area contributed by atoms with E-state index in [1.54, 1.807) is 6.07 Å². The van der Waals surface area contributed by atoms with Crippen molar-refractivity contribution in [2.75, 3.05) is 19.9 Å². The van der Waals surface area contributed by atoms with Gasteiger partial charge in [-0.05, 0) is 69.8 Å². The number of carbonyl (C=O) groups excluding carboxylic acids is 5. The van der Waals surface area contributed by atoms with Crippen molar-refractivity contribution in [1.29, 1.82) is 0 Å². The molecule has 0 radical (unpaired) electrons. The number of pyridine rings is 1. The third-order valence-corrected chi connectivity index (χ3v) is 11.1. The first kappa shape index (κ1) is 37.0. The maximum atomic E-state index is 14.5. The van der Waals surface area contributed by atoms with Crippen LogP contribution in [-0.4, -0.2) is 100 Å². The van der Waals surface area contributed by atoms with Crippen LogP contribution in [0.5, 0.6) is 5.75 Å². The molecule has 52 heavy (non-hydrogen) atoms. The summed E-state index contributed by atoms with van der Waals surface area (Å²) in [5, 5.41) is 6.34. The fourth-order valence-electron chi connectivity index (χ4n) is 7.53. The standard InChI is InChI=1S/C37H44N6O8S/c1-49-35(47)37-19-22(37)11-6-4-3-5-7-15-26(41-36(48)51-23-12-8-9-13-23)34(46)43-21-24(17-28(43)33(45)42-37)50-30-18-27(29(44)20-39-38)40-32-25(30)14-10-16-31(32)52-2/h6,10-11,14,16,18,20,22-24,26,28H,3-5,7-9,12-13,15,17,19,21H2,1-2H3,(H,41,48)(H,42,45)/t22?,24-,26+,28+,37-/m1/s1. The number of carbonyl (C=O) groups is 5. The summed E-state index contributed by atoms with van der Waals surface area (Å²) >= 11 is 1.43. The summed E-state index contributed by atoms with van der Waals surface area (Å²) in [6.45, 7) is -0.0191. The molecule has 2 saturated carbocycles. The molecule has 5 atom stereocenters. The number of Topliss-reactive ketones (excluding diaryl/α,β-unsaturated/α-hetero) is 1. The minimum atomic E-state index is -1.25. The molecule has 2 N–H and O–H groups in total. The lowest BCUT2D eigenvalue weighted by Gasteiger charge is -2.29. The molecule has 1 saturated heterocycles. The van der Waals surface area contributed by atoms with Gasteiger partial charge in [-0.15, -0.1) is 11.8 Å². The van der Waals surface area contributed by atoms with E-state index in [1.807, 2.05) is 30.5 Å². The van der Waals surface area contributed by atoms with Gasteiger partial charge in [-0.1, -0.05) is 31.1 Å². The van der Waals surface area contributed by atoms with Crippen molar-refractivity contribution in [2.24, 2.45) is 5.92 Å². The summed E-state index contributed by atoms with van der Waals surface area (Å²) in [6.07, 6.45) is 12.4. The predicted molar refractivity (Wildman–Crippen MR) is 191 cm³/mol. The molecule has 14 nitrogen and oxygen atoms in total. The van der Waals surface area contributed by atoms with E-state index >= 15 is 0 Å². The number of aromatic nitrogens is 1. The summed E-state index contributed by atoms with van der Waals surface area (Å²) in [7, 11) is 1.28. The van der Waals surface area contributed by atoms with E-state index < -0.39 is 53.4 Å². The zero-order valence-corrected chi connectivity index (χ0v) is 30.2. The largest absolute Gasteiger partial charge is 0.488 e. The summed E-state index contributed by atoms with van der Waals surface area (Å²) in [4.78, 5) is 77.2. The third kappa shape index (κ3) is 8.00. The van der Waals surface area contributed by atoms with E-state index in [9.17, 15) is 24.0 Å². The van der Waals surface area contributed by atoms with E-state index in [0.717, 1.165) is 56.1 Å². The van der Waals surface area contributed by atoms with Crippen LogP contribution in [-0.2, 0) is 23.9 Å². The molecule has 3 amide bonds. The number of ether oxygens (including phenoxy) is 3. The van der Waals surface area contributed by atoms with Crippen LogP contribution in [0, 0.1) is 5.92 Å². The van der Waals surface area contributed by atoms with Gasteiger partial charge in [0, 0.05) is 28.7 Å². The zero-order valence-electron chi connectivity index (χ0n) is 29.4. The Morgan fingerprint density at radius 2 is 1.90 bits per heavy atom. The average molecular weight is 733 g/mol. The van der Waals surface area contributed by atoms with E-state index in [4.69, 9.17) is 19.7 Å². The quantitative estimate of drug-likeness (QED) is 0.0749.